The highest BCUT2D eigenvalue weighted by Crippen LogP contribution is 2.44. The lowest BCUT2D eigenvalue weighted by atomic mass is 10.2. The summed E-state index contributed by atoms with van der Waals surface area (Å²) in [4.78, 5) is 0.336. The predicted molar refractivity (Wildman–Crippen MR) is 82.8 cm³/mol. The first-order valence-corrected chi connectivity index (χ1v) is 9.02. The summed E-state index contributed by atoms with van der Waals surface area (Å²) in [6.07, 6.45) is 2.19. The summed E-state index contributed by atoms with van der Waals surface area (Å²) < 4.78 is 29.5. The number of aromatic nitrogens is 2. The van der Waals surface area contributed by atoms with Crippen LogP contribution in [-0.4, -0.2) is 37.8 Å². The zero-order valence-electron chi connectivity index (χ0n) is 13.4. The minimum Gasteiger partial charge on any atom is -0.315 e. The van der Waals surface area contributed by atoms with Crippen LogP contribution < -0.4 is 10.0 Å². The third-order valence-corrected chi connectivity index (χ3v) is 5.78. The molecule has 0 atom stereocenters. The Morgan fingerprint density at radius 2 is 2.00 bits per heavy atom. The second-order valence-electron chi connectivity index (χ2n) is 6.21. The molecule has 1 saturated carbocycles. The van der Waals surface area contributed by atoms with Crippen molar-refractivity contribution in [3.05, 3.63) is 11.4 Å². The summed E-state index contributed by atoms with van der Waals surface area (Å²) in [7, 11) is -3.48. The Morgan fingerprint density at radius 1 is 1.33 bits per heavy atom. The first-order valence-electron chi connectivity index (χ1n) is 7.53. The summed E-state index contributed by atoms with van der Waals surface area (Å²) in [5.41, 5.74) is 1.42. The van der Waals surface area contributed by atoms with E-state index in [-0.39, 0.29) is 5.41 Å². The molecule has 6 nitrogen and oxygen atoms in total. The summed E-state index contributed by atoms with van der Waals surface area (Å²) in [6, 6.07) is 0. The lowest BCUT2D eigenvalue weighted by molar-refractivity contribution is 0.528. The molecule has 0 aromatic carbocycles. The molecular weight excluding hydrogens is 288 g/mol. The normalized spacial score (nSPS) is 17.1. The summed E-state index contributed by atoms with van der Waals surface area (Å²) in [5, 5.41) is 7.58. The van der Waals surface area contributed by atoms with Crippen LogP contribution in [0.2, 0.25) is 0 Å². The Kier molecular flexibility index (Phi) is 4.75. The van der Waals surface area contributed by atoms with E-state index in [2.05, 4.69) is 22.1 Å². The van der Waals surface area contributed by atoms with Crippen molar-refractivity contribution in [1.29, 1.82) is 0 Å². The predicted octanol–water partition coefficient (Wildman–Crippen LogP) is 1.19. The Hall–Kier alpha value is -0.920. The molecule has 0 spiro atoms. The number of sulfonamides is 1. The van der Waals surface area contributed by atoms with Crippen LogP contribution in [-0.2, 0) is 16.6 Å². The minimum atomic E-state index is -3.48. The van der Waals surface area contributed by atoms with Crippen molar-refractivity contribution < 1.29 is 8.42 Å². The van der Waals surface area contributed by atoms with Gasteiger partial charge in [-0.3, -0.25) is 4.68 Å². The van der Waals surface area contributed by atoms with Crippen LogP contribution in [0, 0.1) is 19.3 Å². The van der Waals surface area contributed by atoms with Crippen molar-refractivity contribution in [2.45, 2.75) is 52.0 Å². The van der Waals surface area contributed by atoms with Crippen molar-refractivity contribution in [2.24, 2.45) is 5.41 Å². The van der Waals surface area contributed by atoms with E-state index in [1.54, 1.807) is 11.6 Å². The van der Waals surface area contributed by atoms with Gasteiger partial charge < -0.3 is 5.32 Å². The Labute approximate surface area is 127 Å². The third kappa shape index (κ3) is 3.84. The van der Waals surface area contributed by atoms with Crippen molar-refractivity contribution in [2.75, 3.05) is 19.6 Å². The van der Waals surface area contributed by atoms with Crippen molar-refractivity contribution in [3.8, 4) is 0 Å². The topological polar surface area (TPSA) is 76.0 Å². The number of nitrogens with zero attached hydrogens (tertiary/aromatic N) is 2. The first kappa shape index (κ1) is 16.5. The molecule has 1 aliphatic carbocycles. The number of aryl methyl sites for hydroxylation is 1. The number of hydrogen-bond donors (Lipinski definition) is 2. The van der Waals surface area contributed by atoms with Gasteiger partial charge in [-0.25, -0.2) is 13.1 Å². The molecule has 0 amide bonds. The van der Waals surface area contributed by atoms with Crippen LogP contribution in [0.25, 0.3) is 0 Å². The van der Waals surface area contributed by atoms with Gasteiger partial charge in [0.25, 0.3) is 0 Å². The Balaban J connectivity index is 2.14. The summed E-state index contributed by atoms with van der Waals surface area (Å²) in [5.74, 6) is 0. The van der Waals surface area contributed by atoms with Crippen molar-refractivity contribution in [1.82, 2.24) is 19.8 Å². The van der Waals surface area contributed by atoms with Gasteiger partial charge in [-0.1, -0.05) is 13.8 Å². The molecule has 2 N–H and O–H groups in total. The average molecular weight is 314 g/mol. The fourth-order valence-corrected chi connectivity index (χ4v) is 3.99. The monoisotopic (exact) mass is 314 g/mol. The van der Waals surface area contributed by atoms with Crippen molar-refractivity contribution >= 4 is 10.0 Å². The fraction of sp³-hybridized carbons (Fsp3) is 0.786. The molecule has 21 heavy (non-hydrogen) atoms. The van der Waals surface area contributed by atoms with Gasteiger partial charge >= 0.3 is 0 Å². The minimum absolute atomic E-state index is 0.149. The van der Waals surface area contributed by atoms with Gasteiger partial charge in [0, 0.05) is 13.1 Å². The van der Waals surface area contributed by atoms with Crippen molar-refractivity contribution in [3.63, 3.8) is 0 Å². The van der Waals surface area contributed by atoms with Crippen LogP contribution in [0.4, 0.5) is 0 Å². The maximum absolute atomic E-state index is 12.5. The lowest BCUT2D eigenvalue weighted by Crippen LogP contribution is -2.30. The lowest BCUT2D eigenvalue weighted by Gasteiger charge is -2.11. The van der Waals surface area contributed by atoms with E-state index in [9.17, 15) is 8.42 Å². The molecule has 2 rings (SSSR count). The SMILES string of the molecule is CCNCCn1nc(C)c(S(=O)(=O)NCC2(C)CC2)c1C. The number of nitrogens with one attached hydrogen (secondary N) is 2. The Bertz CT molecular complexity index is 603. The largest absolute Gasteiger partial charge is 0.315 e. The summed E-state index contributed by atoms with van der Waals surface area (Å²) >= 11 is 0. The van der Waals surface area contributed by atoms with E-state index in [4.69, 9.17) is 0 Å². The van der Waals surface area contributed by atoms with E-state index in [1.165, 1.54) is 0 Å². The molecule has 0 unspecified atom stereocenters. The second-order valence-corrected chi connectivity index (χ2v) is 7.92. The zero-order valence-corrected chi connectivity index (χ0v) is 14.2. The number of hydrogen-bond acceptors (Lipinski definition) is 4. The molecule has 120 valence electrons. The molecule has 0 aliphatic heterocycles. The van der Waals surface area contributed by atoms with Gasteiger partial charge in [-0.15, -0.1) is 0 Å². The molecule has 0 bridgehead atoms. The standard InChI is InChI=1S/C14H26N4O2S/c1-5-15-8-9-18-12(3)13(11(2)17-18)21(19,20)16-10-14(4)6-7-14/h15-16H,5-10H2,1-4H3. The summed E-state index contributed by atoms with van der Waals surface area (Å²) in [6.45, 7) is 10.6. The maximum atomic E-state index is 12.5. The van der Waals surface area contributed by atoms with Crippen LogP contribution in [0.5, 0.6) is 0 Å². The molecule has 1 aromatic rings. The highest BCUT2D eigenvalue weighted by molar-refractivity contribution is 7.89. The van der Waals surface area contributed by atoms with Gasteiger partial charge in [0.2, 0.25) is 10.0 Å². The molecular formula is C14H26N4O2S. The fourth-order valence-electron chi connectivity index (χ4n) is 2.38. The maximum Gasteiger partial charge on any atom is 0.244 e. The highest BCUT2D eigenvalue weighted by Gasteiger charge is 2.38. The molecule has 0 saturated heterocycles. The number of rotatable bonds is 8. The van der Waals surface area contributed by atoms with Crippen LogP contribution in [0.3, 0.4) is 0 Å². The molecule has 1 fully saturated rings. The first-order chi connectivity index (χ1) is 9.79. The third-order valence-electron chi connectivity index (χ3n) is 4.13. The molecule has 0 radical (unpaired) electrons. The van der Waals surface area contributed by atoms with Crippen LogP contribution in [0.1, 0.15) is 38.1 Å². The molecule has 1 aliphatic rings. The zero-order chi connectivity index (χ0) is 15.7. The van der Waals surface area contributed by atoms with E-state index in [1.807, 2.05) is 13.8 Å². The van der Waals surface area contributed by atoms with Gasteiger partial charge in [0.05, 0.1) is 17.9 Å². The van der Waals surface area contributed by atoms with Crippen LogP contribution >= 0.6 is 0 Å². The van der Waals surface area contributed by atoms with Gasteiger partial charge in [0.1, 0.15) is 4.90 Å². The highest BCUT2D eigenvalue weighted by atomic mass is 32.2. The van der Waals surface area contributed by atoms with E-state index < -0.39 is 10.0 Å². The van der Waals surface area contributed by atoms with E-state index in [0.29, 0.717) is 29.4 Å². The second kappa shape index (κ2) is 6.06. The number of likely N-dealkylation sites (N-methyl/N-ethyl adjacent to an activating group) is 1. The van der Waals surface area contributed by atoms with E-state index in [0.717, 1.165) is 25.9 Å². The van der Waals surface area contributed by atoms with E-state index >= 15 is 0 Å². The molecule has 1 heterocycles. The smallest absolute Gasteiger partial charge is 0.244 e. The van der Waals surface area contributed by atoms with Gasteiger partial charge in [-0.05, 0) is 38.6 Å². The van der Waals surface area contributed by atoms with Gasteiger partial charge in [-0.2, -0.15) is 5.10 Å². The molecule has 7 heteroatoms. The van der Waals surface area contributed by atoms with Crippen LogP contribution in [0.15, 0.2) is 4.90 Å². The average Bonchev–Trinajstić information content (AvgIpc) is 3.06. The van der Waals surface area contributed by atoms with Gasteiger partial charge in [0.15, 0.2) is 0 Å². The quantitative estimate of drug-likeness (QED) is 0.707. The molecule has 1 aromatic heterocycles. The Morgan fingerprint density at radius 3 is 2.57 bits per heavy atom.